The van der Waals surface area contributed by atoms with Crippen molar-refractivity contribution >= 4 is 33.6 Å². The van der Waals surface area contributed by atoms with E-state index < -0.39 is 17.0 Å². The van der Waals surface area contributed by atoms with Gasteiger partial charge in [-0.15, -0.1) is 0 Å². The van der Waals surface area contributed by atoms with Crippen LogP contribution in [-0.4, -0.2) is 42.0 Å². The van der Waals surface area contributed by atoms with Gasteiger partial charge in [0.05, 0.1) is 11.9 Å². The van der Waals surface area contributed by atoms with E-state index in [2.05, 4.69) is 9.97 Å². The number of allylic oxidation sites excluding steroid dienone is 2. The van der Waals surface area contributed by atoms with Crippen LogP contribution in [0, 0.1) is 5.92 Å². The van der Waals surface area contributed by atoms with Crippen molar-refractivity contribution in [3.8, 4) is 5.75 Å². The highest BCUT2D eigenvalue weighted by Gasteiger charge is 2.36. The van der Waals surface area contributed by atoms with Crippen LogP contribution in [0.5, 0.6) is 5.75 Å². The van der Waals surface area contributed by atoms with Crippen LogP contribution < -0.4 is 4.65 Å². The minimum atomic E-state index is -2.95. The molecule has 25 heavy (non-hydrogen) atoms. The second-order valence-electron chi connectivity index (χ2n) is 6.98. The van der Waals surface area contributed by atoms with Gasteiger partial charge in [0.2, 0.25) is 0 Å². The summed E-state index contributed by atoms with van der Waals surface area (Å²) in [6.45, 7) is 1.89. The Balaban J connectivity index is 1.64. The van der Waals surface area contributed by atoms with Gasteiger partial charge in [0.15, 0.2) is 9.84 Å². The van der Waals surface area contributed by atoms with Crippen molar-refractivity contribution in [2.45, 2.75) is 32.5 Å². The maximum absolute atomic E-state index is 12.0. The minimum absolute atomic E-state index is 0.186. The van der Waals surface area contributed by atoms with Crippen LogP contribution in [0.15, 0.2) is 24.0 Å². The number of aromatic nitrogens is 2. The standard InChI is InChI=1S/C17H21BN2O4S/c1-2-5-25(22,23)10-11-6-12(7-11)14-8-18(21)24-15-9-20-17-13(16(14)15)3-4-19-17/h3-4,9,11,21H,2,5-8,10H2,1H3,(H,19,20). The molecule has 1 aliphatic heterocycles. The van der Waals surface area contributed by atoms with Crippen LogP contribution >= 0.6 is 0 Å². The zero-order chi connectivity index (χ0) is 17.6. The van der Waals surface area contributed by atoms with E-state index in [0.717, 1.165) is 35.0 Å². The molecule has 1 saturated carbocycles. The Morgan fingerprint density at radius 3 is 3.00 bits per heavy atom. The molecule has 0 aromatic carbocycles. The van der Waals surface area contributed by atoms with Gasteiger partial charge < -0.3 is 14.7 Å². The lowest BCUT2D eigenvalue weighted by Gasteiger charge is -2.34. The molecular weight excluding hydrogens is 339 g/mol. The van der Waals surface area contributed by atoms with Crippen LogP contribution in [0.2, 0.25) is 6.32 Å². The molecule has 0 atom stereocenters. The summed E-state index contributed by atoms with van der Waals surface area (Å²) >= 11 is 0. The van der Waals surface area contributed by atoms with Crippen molar-refractivity contribution in [3.63, 3.8) is 0 Å². The van der Waals surface area contributed by atoms with Gasteiger partial charge in [0.25, 0.3) is 0 Å². The first-order valence-corrected chi connectivity index (χ1v) is 10.5. The van der Waals surface area contributed by atoms with Crippen molar-refractivity contribution < 1.29 is 18.1 Å². The molecule has 0 radical (unpaired) electrons. The molecule has 4 rings (SSSR count). The van der Waals surface area contributed by atoms with E-state index in [9.17, 15) is 13.4 Å². The van der Waals surface area contributed by atoms with Crippen molar-refractivity contribution in [3.05, 3.63) is 29.6 Å². The largest absolute Gasteiger partial charge is 0.534 e. The molecule has 2 aliphatic rings. The molecule has 2 N–H and O–H groups in total. The Hall–Kier alpha value is -1.80. The first-order chi connectivity index (χ1) is 12.0. The lowest BCUT2D eigenvalue weighted by Crippen LogP contribution is -2.30. The summed E-state index contributed by atoms with van der Waals surface area (Å²) in [6.07, 6.45) is 6.13. The number of H-pyrrole nitrogens is 1. The second-order valence-corrected chi connectivity index (χ2v) is 9.21. The lowest BCUT2D eigenvalue weighted by molar-refractivity contribution is 0.410. The Morgan fingerprint density at radius 1 is 1.44 bits per heavy atom. The molecule has 1 fully saturated rings. The molecular formula is C17H21BN2O4S. The monoisotopic (exact) mass is 360 g/mol. The second kappa shape index (κ2) is 6.18. The summed E-state index contributed by atoms with van der Waals surface area (Å²) < 4.78 is 29.6. The molecule has 0 amide bonds. The number of pyridine rings is 1. The Labute approximate surface area is 147 Å². The van der Waals surface area contributed by atoms with E-state index in [4.69, 9.17) is 4.65 Å². The summed E-state index contributed by atoms with van der Waals surface area (Å²) in [6, 6.07) is 1.96. The summed E-state index contributed by atoms with van der Waals surface area (Å²) in [7, 11) is -3.83. The van der Waals surface area contributed by atoms with E-state index in [1.807, 2.05) is 19.2 Å². The van der Waals surface area contributed by atoms with Crippen LogP contribution in [0.4, 0.5) is 0 Å². The highest BCUT2D eigenvalue weighted by molar-refractivity contribution is 7.91. The van der Waals surface area contributed by atoms with E-state index >= 15 is 0 Å². The summed E-state index contributed by atoms with van der Waals surface area (Å²) in [5, 5.41) is 11.0. The molecule has 0 spiro atoms. The van der Waals surface area contributed by atoms with Crippen molar-refractivity contribution in [1.82, 2.24) is 9.97 Å². The molecule has 2 aromatic rings. The Morgan fingerprint density at radius 2 is 2.24 bits per heavy atom. The zero-order valence-electron chi connectivity index (χ0n) is 14.2. The average molecular weight is 360 g/mol. The van der Waals surface area contributed by atoms with Gasteiger partial charge in [-0.25, -0.2) is 13.4 Å². The number of nitrogens with zero attached hydrogens (tertiary/aromatic N) is 1. The minimum Gasteiger partial charge on any atom is -0.534 e. The van der Waals surface area contributed by atoms with Gasteiger partial charge in [0.1, 0.15) is 11.4 Å². The van der Waals surface area contributed by atoms with Gasteiger partial charge in [-0.05, 0) is 36.8 Å². The zero-order valence-corrected chi connectivity index (χ0v) is 15.0. The Bertz CT molecular complexity index is 943. The number of hydrogen-bond acceptors (Lipinski definition) is 5. The normalized spacial score (nSPS) is 20.4. The number of nitrogens with one attached hydrogen (secondary N) is 1. The van der Waals surface area contributed by atoms with Crippen molar-refractivity contribution in [2.75, 3.05) is 11.5 Å². The van der Waals surface area contributed by atoms with E-state index in [1.165, 1.54) is 5.57 Å². The third-order valence-corrected chi connectivity index (χ3v) is 7.01. The van der Waals surface area contributed by atoms with E-state index in [-0.39, 0.29) is 17.4 Å². The third kappa shape index (κ3) is 3.09. The number of sulfone groups is 1. The van der Waals surface area contributed by atoms with Crippen molar-refractivity contribution in [2.24, 2.45) is 5.92 Å². The fraction of sp³-hybridized carbons (Fsp3) is 0.471. The topological polar surface area (TPSA) is 92.3 Å². The molecule has 0 saturated heterocycles. The molecule has 6 nitrogen and oxygen atoms in total. The average Bonchev–Trinajstić information content (AvgIpc) is 2.98. The number of rotatable bonds is 4. The molecule has 2 aromatic heterocycles. The van der Waals surface area contributed by atoms with Gasteiger partial charge in [-0.3, -0.25) is 0 Å². The van der Waals surface area contributed by atoms with Crippen LogP contribution in [0.3, 0.4) is 0 Å². The molecule has 1 aliphatic carbocycles. The maximum Gasteiger partial charge on any atom is 0.527 e. The van der Waals surface area contributed by atoms with Crippen LogP contribution in [-0.2, 0) is 9.84 Å². The molecule has 0 bridgehead atoms. The number of aromatic amines is 1. The summed E-state index contributed by atoms with van der Waals surface area (Å²) in [5.41, 5.74) is 4.10. The van der Waals surface area contributed by atoms with Gasteiger partial charge in [-0.1, -0.05) is 12.5 Å². The summed E-state index contributed by atoms with van der Waals surface area (Å²) in [5.74, 6) is 1.31. The van der Waals surface area contributed by atoms with E-state index in [1.54, 1.807) is 6.20 Å². The predicted octanol–water partition coefficient (Wildman–Crippen LogP) is 2.42. The van der Waals surface area contributed by atoms with Crippen molar-refractivity contribution in [1.29, 1.82) is 0 Å². The fourth-order valence-corrected chi connectivity index (χ4v) is 5.67. The third-order valence-electron chi connectivity index (χ3n) is 5.00. The van der Waals surface area contributed by atoms with Gasteiger partial charge >= 0.3 is 7.12 Å². The van der Waals surface area contributed by atoms with E-state index in [0.29, 0.717) is 18.5 Å². The predicted molar refractivity (Wildman–Crippen MR) is 98.1 cm³/mol. The SMILES string of the molecule is CCCS(=O)(=O)CC1CC(=C2CB(O)Oc3cnc4[nH]ccc4c32)C1. The lowest BCUT2D eigenvalue weighted by atomic mass is 9.68. The fourth-order valence-electron chi connectivity index (χ4n) is 3.93. The highest BCUT2D eigenvalue weighted by Crippen LogP contribution is 2.47. The molecule has 132 valence electrons. The van der Waals surface area contributed by atoms with Crippen LogP contribution in [0.1, 0.15) is 31.7 Å². The quantitative estimate of drug-likeness (QED) is 0.817. The molecule has 3 heterocycles. The van der Waals surface area contributed by atoms with Crippen LogP contribution in [0.25, 0.3) is 16.6 Å². The molecule has 0 unspecified atom stereocenters. The first-order valence-electron chi connectivity index (χ1n) is 8.69. The van der Waals surface area contributed by atoms with Gasteiger partial charge in [-0.2, -0.15) is 0 Å². The number of fused-ring (bicyclic) bond motifs is 3. The Kier molecular flexibility index (Phi) is 4.12. The number of hydrogen-bond donors (Lipinski definition) is 2. The van der Waals surface area contributed by atoms with Gasteiger partial charge in [0, 0.05) is 29.2 Å². The smallest absolute Gasteiger partial charge is 0.527 e. The first kappa shape index (κ1) is 16.7. The summed E-state index contributed by atoms with van der Waals surface area (Å²) in [4.78, 5) is 7.42. The molecule has 8 heteroatoms. The highest BCUT2D eigenvalue weighted by atomic mass is 32.2. The maximum atomic E-state index is 12.0.